The van der Waals surface area contributed by atoms with Gasteiger partial charge >= 0.3 is 0 Å². The van der Waals surface area contributed by atoms with Crippen LogP contribution in [0.3, 0.4) is 0 Å². The van der Waals surface area contributed by atoms with E-state index >= 15 is 0 Å². The number of rotatable bonds is 6. The number of hydrogen-bond acceptors (Lipinski definition) is 3. The van der Waals surface area contributed by atoms with Crippen LogP contribution < -0.4 is 10.1 Å². The van der Waals surface area contributed by atoms with E-state index in [1.807, 2.05) is 49.9 Å². The van der Waals surface area contributed by atoms with Crippen LogP contribution >= 0.6 is 0 Å². The molecule has 0 bridgehead atoms. The molecule has 0 saturated carbocycles. The number of ether oxygens (including phenoxy) is 1. The summed E-state index contributed by atoms with van der Waals surface area (Å²) < 4.78 is 5.61. The highest BCUT2D eigenvalue weighted by atomic mass is 16.5. The number of nitrogens with zero attached hydrogens (tertiary/aromatic N) is 1. The van der Waals surface area contributed by atoms with Crippen LogP contribution in [0.4, 0.5) is 0 Å². The van der Waals surface area contributed by atoms with Gasteiger partial charge in [-0.3, -0.25) is 10.1 Å². The fourth-order valence-corrected chi connectivity index (χ4v) is 2.68. The van der Waals surface area contributed by atoms with Gasteiger partial charge < -0.3 is 9.64 Å². The average molecular weight is 290 g/mol. The standard InChI is InChI=1S/C17H26N2O2/c1-5-12-21-14-10-8-13(9-11-14)15-18-17(4,6-2)16(20)19(15)7-3/h8-11,15,18H,5-7,12H2,1-4H3. The van der Waals surface area contributed by atoms with E-state index in [2.05, 4.69) is 12.2 Å². The molecule has 0 radical (unpaired) electrons. The van der Waals surface area contributed by atoms with Gasteiger partial charge in [0.25, 0.3) is 0 Å². The van der Waals surface area contributed by atoms with Gasteiger partial charge in [0, 0.05) is 6.54 Å². The second-order valence-corrected chi connectivity index (χ2v) is 5.74. The van der Waals surface area contributed by atoms with Gasteiger partial charge in [-0.05, 0) is 44.4 Å². The molecule has 1 N–H and O–H groups in total. The third-order valence-corrected chi connectivity index (χ3v) is 4.22. The first-order valence-corrected chi connectivity index (χ1v) is 7.87. The van der Waals surface area contributed by atoms with Crippen LogP contribution in [0.2, 0.25) is 0 Å². The first kappa shape index (κ1) is 15.8. The maximum Gasteiger partial charge on any atom is 0.244 e. The van der Waals surface area contributed by atoms with E-state index in [1.54, 1.807) is 0 Å². The zero-order valence-corrected chi connectivity index (χ0v) is 13.5. The zero-order valence-electron chi connectivity index (χ0n) is 13.5. The van der Waals surface area contributed by atoms with Crippen molar-refractivity contribution in [1.82, 2.24) is 10.2 Å². The highest BCUT2D eigenvalue weighted by Crippen LogP contribution is 2.32. The molecule has 21 heavy (non-hydrogen) atoms. The van der Waals surface area contributed by atoms with E-state index in [4.69, 9.17) is 4.74 Å². The molecule has 1 aromatic carbocycles. The Morgan fingerprint density at radius 1 is 1.24 bits per heavy atom. The lowest BCUT2D eigenvalue weighted by molar-refractivity contribution is -0.132. The molecule has 1 fully saturated rings. The second-order valence-electron chi connectivity index (χ2n) is 5.74. The van der Waals surface area contributed by atoms with Crippen LogP contribution in [0.5, 0.6) is 5.75 Å². The van der Waals surface area contributed by atoms with Crippen LogP contribution in [0.25, 0.3) is 0 Å². The molecule has 0 spiro atoms. The molecule has 116 valence electrons. The molecule has 4 nitrogen and oxygen atoms in total. The first-order chi connectivity index (χ1) is 10.1. The highest BCUT2D eigenvalue weighted by Gasteiger charge is 2.46. The van der Waals surface area contributed by atoms with Crippen molar-refractivity contribution >= 4 is 5.91 Å². The summed E-state index contributed by atoms with van der Waals surface area (Å²) >= 11 is 0. The smallest absolute Gasteiger partial charge is 0.244 e. The first-order valence-electron chi connectivity index (χ1n) is 7.87. The van der Waals surface area contributed by atoms with Gasteiger partial charge in [0.15, 0.2) is 0 Å². The van der Waals surface area contributed by atoms with Crippen LogP contribution in [0, 0.1) is 0 Å². The summed E-state index contributed by atoms with van der Waals surface area (Å²) in [5.74, 6) is 1.06. The number of carbonyl (C=O) groups excluding carboxylic acids is 1. The predicted octanol–water partition coefficient (Wildman–Crippen LogP) is 3.09. The zero-order chi connectivity index (χ0) is 15.5. The molecule has 2 unspecified atom stereocenters. The van der Waals surface area contributed by atoms with Crippen molar-refractivity contribution in [2.75, 3.05) is 13.2 Å². The summed E-state index contributed by atoms with van der Waals surface area (Å²) in [4.78, 5) is 14.4. The number of benzene rings is 1. The number of hydrogen-bond donors (Lipinski definition) is 1. The molecule has 0 aromatic heterocycles. The second kappa shape index (κ2) is 6.48. The monoisotopic (exact) mass is 290 g/mol. The largest absolute Gasteiger partial charge is 0.494 e. The van der Waals surface area contributed by atoms with Crippen LogP contribution in [-0.2, 0) is 4.79 Å². The van der Waals surface area contributed by atoms with E-state index in [0.717, 1.165) is 30.8 Å². The molecule has 2 atom stereocenters. The Morgan fingerprint density at radius 3 is 2.43 bits per heavy atom. The molecule has 0 aliphatic carbocycles. The normalized spacial score (nSPS) is 25.4. The maximum atomic E-state index is 12.5. The van der Waals surface area contributed by atoms with Gasteiger partial charge in [0.2, 0.25) is 5.91 Å². The summed E-state index contributed by atoms with van der Waals surface area (Å²) in [5, 5.41) is 3.48. The molecule has 1 aliphatic rings. The third-order valence-electron chi connectivity index (χ3n) is 4.22. The minimum Gasteiger partial charge on any atom is -0.494 e. The topological polar surface area (TPSA) is 41.6 Å². The lowest BCUT2D eigenvalue weighted by Crippen LogP contribution is -2.42. The van der Waals surface area contributed by atoms with Crippen molar-refractivity contribution in [3.8, 4) is 5.75 Å². The van der Waals surface area contributed by atoms with Gasteiger partial charge in [0.1, 0.15) is 11.9 Å². The van der Waals surface area contributed by atoms with Crippen LogP contribution in [0.1, 0.15) is 52.3 Å². The molecule has 1 heterocycles. The Hall–Kier alpha value is -1.55. The Balaban J connectivity index is 2.18. The minimum absolute atomic E-state index is 0.0484. The van der Waals surface area contributed by atoms with Gasteiger partial charge in [-0.1, -0.05) is 26.0 Å². The van der Waals surface area contributed by atoms with Crippen LogP contribution in [0.15, 0.2) is 24.3 Å². The van der Waals surface area contributed by atoms with Crippen LogP contribution in [-0.4, -0.2) is 29.5 Å². The van der Waals surface area contributed by atoms with Crippen molar-refractivity contribution in [2.24, 2.45) is 0 Å². The van der Waals surface area contributed by atoms with Crippen molar-refractivity contribution < 1.29 is 9.53 Å². The third kappa shape index (κ3) is 3.05. The van der Waals surface area contributed by atoms with E-state index in [0.29, 0.717) is 6.54 Å². The molecule has 4 heteroatoms. The van der Waals surface area contributed by atoms with Gasteiger partial charge in [-0.2, -0.15) is 0 Å². The quantitative estimate of drug-likeness (QED) is 0.875. The van der Waals surface area contributed by atoms with Gasteiger partial charge in [-0.25, -0.2) is 0 Å². The summed E-state index contributed by atoms with van der Waals surface area (Å²) in [6.45, 7) is 9.58. The predicted molar refractivity (Wildman–Crippen MR) is 84.2 cm³/mol. The molecule has 1 saturated heterocycles. The molecular weight excluding hydrogens is 264 g/mol. The summed E-state index contributed by atoms with van der Waals surface area (Å²) in [5.41, 5.74) is 0.643. The lowest BCUT2D eigenvalue weighted by Gasteiger charge is -2.23. The Labute approximate surface area is 127 Å². The fraction of sp³-hybridized carbons (Fsp3) is 0.588. The van der Waals surface area contributed by atoms with Crippen molar-refractivity contribution in [2.45, 2.75) is 52.2 Å². The summed E-state index contributed by atoms with van der Waals surface area (Å²) in [7, 11) is 0. The summed E-state index contributed by atoms with van der Waals surface area (Å²) in [6, 6.07) is 8.04. The Morgan fingerprint density at radius 2 is 1.90 bits per heavy atom. The van der Waals surface area contributed by atoms with Gasteiger partial charge in [0.05, 0.1) is 12.1 Å². The number of likely N-dealkylation sites (N-methyl/N-ethyl adjacent to an activating group) is 1. The van der Waals surface area contributed by atoms with Gasteiger partial charge in [-0.15, -0.1) is 0 Å². The van der Waals surface area contributed by atoms with Crippen molar-refractivity contribution in [3.63, 3.8) is 0 Å². The van der Waals surface area contributed by atoms with E-state index in [-0.39, 0.29) is 12.1 Å². The van der Waals surface area contributed by atoms with E-state index in [9.17, 15) is 4.79 Å². The summed E-state index contributed by atoms with van der Waals surface area (Å²) in [6.07, 6.45) is 1.74. The molecular formula is C17H26N2O2. The number of amides is 1. The number of nitrogens with one attached hydrogen (secondary N) is 1. The molecule has 1 aliphatic heterocycles. The lowest BCUT2D eigenvalue weighted by atomic mass is 9.99. The van der Waals surface area contributed by atoms with Crippen molar-refractivity contribution in [3.05, 3.63) is 29.8 Å². The average Bonchev–Trinajstić information content (AvgIpc) is 2.78. The Bertz CT molecular complexity index is 486. The fourth-order valence-electron chi connectivity index (χ4n) is 2.68. The maximum absolute atomic E-state index is 12.5. The number of carbonyl (C=O) groups is 1. The highest BCUT2D eigenvalue weighted by molar-refractivity contribution is 5.88. The van der Waals surface area contributed by atoms with E-state index < -0.39 is 5.54 Å². The Kier molecular flexibility index (Phi) is 4.88. The molecule has 1 aromatic rings. The van der Waals surface area contributed by atoms with E-state index in [1.165, 1.54) is 0 Å². The van der Waals surface area contributed by atoms with Crippen molar-refractivity contribution in [1.29, 1.82) is 0 Å². The SMILES string of the molecule is CCCOc1ccc(C2NC(C)(CC)C(=O)N2CC)cc1. The minimum atomic E-state index is -0.460. The molecule has 2 rings (SSSR count). The molecule has 1 amide bonds.